The summed E-state index contributed by atoms with van der Waals surface area (Å²) in [5, 5.41) is 6.69. The molecule has 5 nitrogen and oxygen atoms in total. The molecule has 0 radical (unpaired) electrons. The first-order valence-corrected chi connectivity index (χ1v) is 12.7. The molecule has 1 N–H and O–H groups in total. The number of benzene rings is 3. The fraction of sp³-hybridized carbons (Fsp3) is 0.400. The third kappa shape index (κ3) is 3.32. The van der Waals surface area contributed by atoms with E-state index in [4.69, 9.17) is 4.74 Å². The van der Waals surface area contributed by atoms with Crippen molar-refractivity contribution in [3.8, 4) is 0 Å². The number of fused-ring (bicyclic) bond motifs is 2. The standard InChI is InChI=1S/C30H32N2O3/c1-29(19-26(33)35-2)23-12-3-4-14-25(23)32(28(29)34)22-11-7-16-30(31-17-15-22)18-21-10-5-8-20-9-6-13-24(30)27(20)21/h3-6,8-10,12-14,22,31H,7,11,15-19H2,1-2H3. The number of methoxy groups -OCH3 is 1. The van der Waals surface area contributed by atoms with Gasteiger partial charge < -0.3 is 15.0 Å². The first-order chi connectivity index (χ1) is 17.0. The molecule has 0 saturated carbocycles. The molecule has 3 atom stereocenters. The van der Waals surface area contributed by atoms with Crippen molar-refractivity contribution in [2.24, 2.45) is 0 Å². The number of rotatable bonds is 3. The van der Waals surface area contributed by atoms with E-state index in [2.05, 4.69) is 41.7 Å². The van der Waals surface area contributed by atoms with Gasteiger partial charge in [-0.2, -0.15) is 0 Å². The number of carbonyl (C=O) groups excluding carboxylic acids is 2. The lowest BCUT2D eigenvalue weighted by atomic mass is 9.80. The number of esters is 1. The van der Waals surface area contributed by atoms with Crippen LogP contribution in [-0.4, -0.2) is 31.6 Å². The monoisotopic (exact) mass is 468 g/mol. The van der Waals surface area contributed by atoms with Crippen LogP contribution in [0, 0.1) is 0 Å². The molecular weight excluding hydrogens is 436 g/mol. The second kappa shape index (κ2) is 8.20. The molecule has 5 heteroatoms. The molecule has 1 amide bonds. The highest BCUT2D eigenvalue weighted by Crippen LogP contribution is 2.48. The van der Waals surface area contributed by atoms with E-state index in [1.54, 1.807) is 0 Å². The molecule has 0 bridgehead atoms. The van der Waals surface area contributed by atoms with Gasteiger partial charge in [0.15, 0.2) is 0 Å². The van der Waals surface area contributed by atoms with Crippen molar-refractivity contribution in [1.82, 2.24) is 5.32 Å². The first kappa shape index (κ1) is 22.3. The van der Waals surface area contributed by atoms with Crippen molar-refractivity contribution >= 4 is 28.3 Å². The van der Waals surface area contributed by atoms with Crippen LogP contribution in [0.3, 0.4) is 0 Å². The lowest BCUT2D eigenvalue weighted by Crippen LogP contribution is -2.50. The number of carbonyl (C=O) groups is 2. The number of hydrogen-bond donors (Lipinski definition) is 1. The molecule has 0 aromatic heterocycles. The fourth-order valence-electron chi connectivity index (χ4n) is 6.91. The van der Waals surface area contributed by atoms with Crippen LogP contribution in [-0.2, 0) is 31.7 Å². The highest BCUT2D eigenvalue weighted by atomic mass is 16.5. The molecule has 1 fully saturated rings. The Balaban J connectivity index is 1.27. The highest BCUT2D eigenvalue weighted by Gasteiger charge is 2.51. The number of anilines is 1. The molecule has 3 aromatic carbocycles. The van der Waals surface area contributed by atoms with Gasteiger partial charge in [0.1, 0.15) is 0 Å². The van der Waals surface area contributed by atoms with Crippen molar-refractivity contribution in [3.05, 3.63) is 77.4 Å². The normalized spacial score (nSPS) is 27.7. The average molecular weight is 469 g/mol. The third-order valence-electron chi connectivity index (χ3n) is 8.62. The minimum atomic E-state index is -0.885. The van der Waals surface area contributed by atoms with Crippen molar-refractivity contribution in [2.45, 2.75) is 62.4 Å². The zero-order chi connectivity index (χ0) is 24.2. The molecule has 2 aliphatic heterocycles. The Kier molecular flexibility index (Phi) is 5.22. The Morgan fingerprint density at radius 2 is 1.83 bits per heavy atom. The largest absolute Gasteiger partial charge is 0.469 e. The fourth-order valence-corrected chi connectivity index (χ4v) is 6.91. The van der Waals surface area contributed by atoms with Gasteiger partial charge in [0.05, 0.1) is 18.9 Å². The van der Waals surface area contributed by atoms with Gasteiger partial charge >= 0.3 is 5.97 Å². The number of nitrogens with zero attached hydrogens (tertiary/aromatic N) is 1. The van der Waals surface area contributed by atoms with Crippen molar-refractivity contribution in [3.63, 3.8) is 0 Å². The van der Waals surface area contributed by atoms with E-state index < -0.39 is 5.41 Å². The van der Waals surface area contributed by atoms with Crippen LogP contribution in [0.4, 0.5) is 5.69 Å². The predicted octanol–water partition coefficient (Wildman–Crippen LogP) is 4.99. The van der Waals surface area contributed by atoms with E-state index in [1.165, 1.54) is 29.0 Å². The summed E-state index contributed by atoms with van der Waals surface area (Å²) in [6, 6.07) is 21.4. The van der Waals surface area contributed by atoms with Crippen LogP contribution < -0.4 is 10.2 Å². The molecule has 6 rings (SSSR count). The number of hydrogen-bond acceptors (Lipinski definition) is 4. The van der Waals surface area contributed by atoms with Crippen molar-refractivity contribution < 1.29 is 14.3 Å². The van der Waals surface area contributed by atoms with Gasteiger partial charge in [0.25, 0.3) is 0 Å². The highest BCUT2D eigenvalue weighted by molar-refractivity contribution is 6.09. The van der Waals surface area contributed by atoms with Crippen LogP contribution in [0.1, 0.15) is 55.7 Å². The minimum Gasteiger partial charge on any atom is -0.469 e. The molecule has 1 aliphatic carbocycles. The summed E-state index contributed by atoms with van der Waals surface area (Å²) < 4.78 is 4.94. The molecule has 3 aromatic rings. The number of ether oxygens (including phenoxy) is 1. The van der Waals surface area contributed by atoms with Crippen molar-refractivity contribution in [2.75, 3.05) is 18.6 Å². The lowest BCUT2D eigenvalue weighted by Gasteiger charge is -2.38. The summed E-state index contributed by atoms with van der Waals surface area (Å²) in [6.45, 7) is 2.73. The molecular formula is C30H32N2O3. The van der Waals surface area contributed by atoms with Crippen LogP contribution in [0.15, 0.2) is 60.7 Å². The van der Waals surface area contributed by atoms with E-state index >= 15 is 0 Å². The number of para-hydroxylation sites is 1. The van der Waals surface area contributed by atoms with E-state index in [0.29, 0.717) is 0 Å². The maximum atomic E-state index is 13.9. The van der Waals surface area contributed by atoms with E-state index in [1.807, 2.05) is 36.1 Å². The van der Waals surface area contributed by atoms with Gasteiger partial charge in [-0.25, -0.2) is 0 Å². The van der Waals surface area contributed by atoms with Gasteiger partial charge in [-0.3, -0.25) is 9.59 Å². The molecule has 35 heavy (non-hydrogen) atoms. The smallest absolute Gasteiger partial charge is 0.306 e. The van der Waals surface area contributed by atoms with E-state index in [0.717, 1.165) is 49.9 Å². The quantitative estimate of drug-likeness (QED) is 0.550. The zero-order valence-corrected chi connectivity index (χ0v) is 20.5. The Morgan fingerprint density at radius 3 is 2.66 bits per heavy atom. The van der Waals surface area contributed by atoms with Crippen LogP contribution in [0.5, 0.6) is 0 Å². The predicted molar refractivity (Wildman–Crippen MR) is 138 cm³/mol. The average Bonchev–Trinajstić information content (AvgIpc) is 3.28. The Hall–Kier alpha value is -3.18. The summed E-state index contributed by atoms with van der Waals surface area (Å²) in [6.07, 6.45) is 4.98. The topological polar surface area (TPSA) is 58.6 Å². The van der Waals surface area contributed by atoms with Gasteiger partial charge in [-0.1, -0.05) is 54.6 Å². The molecule has 180 valence electrons. The summed E-state index contributed by atoms with van der Waals surface area (Å²) in [7, 11) is 1.38. The maximum absolute atomic E-state index is 13.9. The molecule has 3 unspecified atom stereocenters. The maximum Gasteiger partial charge on any atom is 0.306 e. The SMILES string of the molecule is COC(=O)CC1(C)C(=O)N(C2CCCC3(Cc4cccc5cccc3c45)NCC2)c2ccccc21. The Bertz CT molecular complexity index is 1320. The summed E-state index contributed by atoms with van der Waals surface area (Å²) >= 11 is 0. The van der Waals surface area contributed by atoms with Gasteiger partial charge in [-0.05, 0) is 79.1 Å². The second-order valence-electron chi connectivity index (χ2n) is 10.6. The van der Waals surface area contributed by atoms with Gasteiger partial charge in [0, 0.05) is 17.3 Å². The number of amides is 1. The summed E-state index contributed by atoms with van der Waals surface area (Å²) in [4.78, 5) is 28.1. The number of nitrogens with one attached hydrogen (secondary N) is 1. The molecule has 1 spiro atoms. The van der Waals surface area contributed by atoms with Crippen LogP contribution in [0.2, 0.25) is 0 Å². The van der Waals surface area contributed by atoms with Gasteiger partial charge in [-0.15, -0.1) is 0 Å². The van der Waals surface area contributed by atoms with Crippen molar-refractivity contribution in [1.29, 1.82) is 0 Å². The second-order valence-corrected chi connectivity index (χ2v) is 10.6. The first-order valence-electron chi connectivity index (χ1n) is 12.7. The van der Waals surface area contributed by atoms with Crippen LogP contribution >= 0.6 is 0 Å². The summed E-state index contributed by atoms with van der Waals surface area (Å²) in [5.41, 5.74) is 3.83. The third-order valence-corrected chi connectivity index (χ3v) is 8.62. The van der Waals surface area contributed by atoms with E-state index in [9.17, 15) is 9.59 Å². The molecule has 3 aliphatic rings. The zero-order valence-electron chi connectivity index (χ0n) is 20.5. The molecule has 2 heterocycles. The Labute approximate surface area is 206 Å². The van der Waals surface area contributed by atoms with Crippen LogP contribution in [0.25, 0.3) is 10.8 Å². The summed E-state index contributed by atoms with van der Waals surface area (Å²) in [5.74, 6) is -0.337. The molecule has 1 saturated heterocycles. The van der Waals surface area contributed by atoms with Gasteiger partial charge in [0.2, 0.25) is 5.91 Å². The van der Waals surface area contributed by atoms with E-state index in [-0.39, 0.29) is 29.9 Å². The Morgan fingerprint density at radius 1 is 1.06 bits per heavy atom. The minimum absolute atomic E-state index is 0.0161. The lowest BCUT2D eigenvalue weighted by molar-refractivity contribution is -0.144.